The van der Waals surface area contributed by atoms with Crippen LogP contribution >= 0.6 is 0 Å². The summed E-state index contributed by atoms with van der Waals surface area (Å²) >= 11 is 0. The summed E-state index contributed by atoms with van der Waals surface area (Å²) in [6.07, 6.45) is 19.9. The summed E-state index contributed by atoms with van der Waals surface area (Å²) in [7, 11) is 0. The molecule has 0 atom stereocenters. The molecule has 0 fully saturated rings. The predicted molar refractivity (Wildman–Crippen MR) is 290 cm³/mol. The average Bonchev–Trinajstić information content (AvgIpc) is 3.66. The van der Waals surface area contributed by atoms with Crippen LogP contribution in [0.4, 0.5) is 0 Å². The Morgan fingerprint density at radius 1 is 0.328 bits per heavy atom. The first-order valence-corrected chi connectivity index (χ1v) is 25.3. The standard InChI is InChI=1S/C67H66/c1-3-5-7-9-23-45-67(46-24-10-8-6-4-2)65-49-59(53-37-33-51(34-38-53)47-63(55-25-15-11-16-26-55)56-27-17-12-18-28-56)41-43-61(65)62-44-42-60(50-66(62)67)54-39-35-52(36-40-54)48-64(57-29-19-13-20-30-57)58-31-21-14-22-32-58/h11-22,25-44,47-50H,3-10,23-24,45-46H2,1-2H3. The van der Waals surface area contributed by atoms with Gasteiger partial charge in [-0.05, 0) is 126 Å². The molecule has 0 spiro atoms. The van der Waals surface area contributed by atoms with Crippen molar-refractivity contribution in [3.8, 4) is 33.4 Å². The van der Waals surface area contributed by atoms with Crippen molar-refractivity contribution in [3.63, 3.8) is 0 Å². The fourth-order valence-corrected chi connectivity index (χ4v) is 10.6. The molecular weight excluding hydrogens is 805 g/mol. The Morgan fingerprint density at radius 3 is 0.970 bits per heavy atom. The first kappa shape index (κ1) is 45.4. The molecule has 0 heterocycles. The van der Waals surface area contributed by atoms with Gasteiger partial charge in [-0.15, -0.1) is 0 Å². The number of unbranched alkanes of at least 4 members (excludes halogenated alkanes) is 8. The summed E-state index contributed by atoms with van der Waals surface area (Å²) in [4.78, 5) is 0. The molecule has 1 aliphatic rings. The molecule has 1 aliphatic carbocycles. The molecule has 0 N–H and O–H groups in total. The van der Waals surface area contributed by atoms with E-state index in [0.29, 0.717) is 0 Å². The highest BCUT2D eigenvalue weighted by atomic mass is 14.5. The molecule has 334 valence electrons. The molecule has 0 unspecified atom stereocenters. The van der Waals surface area contributed by atoms with Gasteiger partial charge in [0.25, 0.3) is 0 Å². The second-order valence-electron chi connectivity index (χ2n) is 18.8. The van der Waals surface area contributed by atoms with Crippen LogP contribution in [0.15, 0.2) is 206 Å². The molecule has 0 amide bonds. The van der Waals surface area contributed by atoms with Crippen LogP contribution in [0.1, 0.15) is 135 Å². The second-order valence-corrected chi connectivity index (χ2v) is 18.8. The van der Waals surface area contributed by atoms with Crippen molar-refractivity contribution >= 4 is 23.3 Å². The molecule has 0 saturated carbocycles. The molecule has 0 heteroatoms. The topological polar surface area (TPSA) is 0 Å². The summed E-state index contributed by atoms with van der Waals surface area (Å²) in [5.41, 5.74) is 20.9. The van der Waals surface area contributed by atoms with Gasteiger partial charge in [0.05, 0.1) is 0 Å². The van der Waals surface area contributed by atoms with Gasteiger partial charge in [-0.2, -0.15) is 0 Å². The number of rotatable bonds is 20. The lowest BCUT2D eigenvalue weighted by atomic mass is 9.70. The lowest BCUT2D eigenvalue weighted by Gasteiger charge is -2.33. The largest absolute Gasteiger partial charge is 0.0654 e. The Morgan fingerprint density at radius 2 is 0.642 bits per heavy atom. The predicted octanol–water partition coefficient (Wildman–Crippen LogP) is 19.2. The molecule has 9 rings (SSSR count). The second kappa shape index (κ2) is 22.2. The number of hydrogen-bond acceptors (Lipinski definition) is 0. The molecule has 0 nitrogen and oxygen atoms in total. The van der Waals surface area contributed by atoms with Crippen molar-refractivity contribution in [3.05, 3.63) is 251 Å². The van der Waals surface area contributed by atoms with E-state index in [-0.39, 0.29) is 5.41 Å². The minimum Gasteiger partial charge on any atom is -0.0654 e. The SMILES string of the molecule is CCCCCCCC1(CCCCCCC)c2cc(-c3ccc(C=C(c4ccccc4)c4ccccc4)cc3)ccc2-c2ccc(-c3ccc(C=C(c4ccccc4)c4ccccc4)cc3)cc21. The number of fused-ring (bicyclic) bond motifs is 3. The molecule has 8 aromatic carbocycles. The van der Waals surface area contributed by atoms with E-state index < -0.39 is 0 Å². The minimum atomic E-state index is -0.0268. The number of hydrogen-bond donors (Lipinski definition) is 0. The van der Waals surface area contributed by atoms with Crippen LogP contribution in [0.2, 0.25) is 0 Å². The molecule has 0 saturated heterocycles. The third-order valence-corrected chi connectivity index (χ3v) is 14.2. The molecule has 0 aliphatic heterocycles. The third kappa shape index (κ3) is 10.6. The zero-order valence-corrected chi connectivity index (χ0v) is 39.8. The summed E-state index contributed by atoms with van der Waals surface area (Å²) < 4.78 is 0. The highest BCUT2D eigenvalue weighted by molar-refractivity contribution is 5.93. The van der Waals surface area contributed by atoms with Crippen LogP contribution < -0.4 is 0 Å². The minimum absolute atomic E-state index is 0.0268. The Bertz CT molecular complexity index is 2580. The van der Waals surface area contributed by atoms with Crippen LogP contribution in [0.5, 0.6) is 0 Å². The van der Waals surface area contributed by atoms with Crippen LogP contribution in [0, 0.1) is 0 Å². The highest BCUT2D eigenvalue weighted by Gasteiger charge is 2.42. The molecule has 67 heavy (non-hydrogen) atoms. The van der Waals surface area contributed by atoms with Crippen LogP contribution in [-0.2, 0) is 5.41 Å². The van der Waals surface area contributed by atoms with E-state index in [1.807, 2.05) is 0 Å². The lowest BCUT2D eigenvalue weighted by molar-refractivity contribution is 0.399. The molecule has 0 radical (unpaired) electrons. The lowest BCUT2D eigenvalue weighted by Crippen LogP contribution is -2.25. The van der Waals surface area contributed by atoms with Gasteiger partial charge in [0, 0.05) is 5.41 Å². The average molecular weight is 871 g/mol. The van der Waals surface area contributed by atoms with E-state index in [4.69, 9.17) is 0 Å². The zero-order chi connectivity index (χ0) is 45.7. The van der Waals surface area contributed by atoms with Gasteiger partial charge < -0.3 is 0 Å². The first-order valence-electron chi connectivity index (χ1n) is 25.3. The molecule has 0 bridgehead atoms. The van der Waals surface area contributed by atoms with E-state index in [0.717, 1.165) is 0 Å². The van der Waals surface area contributed by atoms with Crippen molar-refractivity contribution in [1.29, 1.82) is 0 Å². The summed E-state index contributed by atoms with van der Waals surface area (Å²) in [6.45, 7) is 4.65. The fraction of sp³-hybridized carbons (Fsp3) is 0.224. The van der Waals surface area contributed by atoms with Gasteiger partial charge in [-0.25, -0.2) is 0 Å². The Hall–Kier alpha value is -6.76. The van der Waals surface area contributed by atoms with Crippen molar-refractivity contribution in [2.75, 3.05) is 0 Å². The first-order chi connectivity index (χ1) is 33.1. The molecule has 8 aromatic rings. The van der Waals surface area contributed by atoms with E-state index in [1.165, 1.54) is 166 Å². The smallest absolute Gasteiger partial charge is 0.0215 e. The maximum absolute atomic E-state index is 2.59. The monoisotopic (exact) mass is 871 g/mol. The highest BCUT2D eigenvalue weighted by Crippen LogP contribution is 2.56. The van der Waals surface area contributed by atoms with Crippen molar-refractivity contribution in [1.82, 2.24) is 0 Å². The van der Waals surface area contributed by atoms with Gasteiger partial charge in [0.1, 0.15) is 0 Å². The van der Waals surface area contributed by atoms with Crippen molar-refractivity contribution < 1.29 is 0 Å². The van der Waals surface area contributed by atoms with E-state index in [9.17, 15) is 0 Å². The maximum atomic E-state index is 2.59. The third-order valence-electron chi connectivity index (χ3n) is 14.2. The van der Waals surface area contributed by atoms with Gasteiger partial charge in [0.15, 0.2) is 0 Å². The maximum Gasteiger partial charge on any atom is 0.0215 e. The van der Waals surface area contributed by atoms with E-state index in [1.54, 1.807) is 0 Å². The van der Waals surface area contributed by atoms with Crippen molar-refractivity contribution in [2.24, 2.45) is 0 Å². The van der Waals surface area contributed by atoms with Crippen LogP contribution in [-0.4, -0.2) is 0 Å². The van der Waals surface area contributed by atoms with Gasteiger partial charge >= 0.3 is 0 Å². The van der Waals surface area contributed by atoms with E-state index >= 15 is 0 Å². The summed E-state index contributed by atoms with van der Waals surface area (Å²) in [5.74, 6) is 0. The van der Waals surface area contributed by atoms with Crippen LogP contribution in [0.25, 0.3) is 56.7 Å². The Balaban J connectivity index is 1.08. The van der Waals surface area contributed by atoms with Crippen LogP contribution in [0.3, 0.4) is 0 Å². The molecule has 0 aromatic heterocycles. The Labute approximate surface area is 401 Å². The zero-order valence-electron chi connectivity index (χ0n) is 39.8. The number of benzene rings is 8. The van der Waals surface area contributed by atoms with Gasteiger partial charge in [-0.1, -0.05) is 272 Å². The fourth-order valence-electron chi connectivity index (χ4n) is 10.6. The van der Waals surface area contributed by atoms with E-state index in [2.05, 4.69) is 232 Å². The van der Waals surface area contributed by atoms with Gasteiger partial charge in [-0.3, -0.25) is 0 Å². The molecular formula is C67H66. The quantitative estimate of drug-likeness (QED) is 0.0529. The van der Waals surface area contributed by atoms with Crippen molar-refractivity contribution in [2.45, 2.75) is 96.3 Å². The van der Waals surface area contributed by atoms with Gasteiger partial charge in [0.2, 0.25) is 0 Å². The summed E-state index contributed by atoms with van der Waals surface area (Å²) in [5, 5.41) is 0. The normalized spacial score (nSPS) is 12.3. The Kier molecular flexibility index (Phi) is 15.0. The summed E-state index contributed by atoms with van der Waals surface area (Å²) in [6, 6.07) is 76.5.